The van der Waals surface area contributed by atoms with E-state index in [-0.39, 0.29) is 0 Å². The van der Waals surface area contributed by atoms with E-state index in [9.17, 15) is 0 Å². The van der Waals surface area contributed by atoms with Gasteiger partial charge < -0.3 is 13.7 Å². The number of aromatic nitrogens is 3. The standard InChI is InChI=1S/C60H35N5/c1-61-42-32-40(34-45(36-42)65-57-27-12-8-21-51(57)60-53(62-2)23-14-28-59(60)65)39-31-41(47-22-13-16-38-15-3-4-17-46(38)47)35-44(33-39)64-56-26-11-7-20-50(56)52-37-43(29-30-58(52)64)63-54-24-9-5-18-48(54)49-19-6-10-25-55(49)63/h3-37H. The van der Waals surface area contributed by atoms with Crippen LogP contribution in [0.5, 0.6) is 0 Å². The predicted molar refractivity (Wildman–Crippen MR) is 270 cm³/mol. The highest BCUT2D eigenvalue weighted by atomic mass is 15.0. The first kappa shape index (κ1) is 36.5. The zero-order valence-corrected chi connectivity index (χ0v) is 34.9. The van der Waals surface area contributed by atoms with Crippen LogP contribution in [0.25, 0.3) is 125 Å². The molecule has 0 radical (unpaired) electrons. The monoisotopic (exact) mass is 825 g/mol. The Hall–Kier alpha value is -9.16. The summed E-state index contributed by atoms with van der Waals surface area (Å²) in [5.41, 5.74) is 14.8. The van der Waals surface area contributed by atoms with Gasteiger partial charge >= 0.3 is 0 Å². The van der Waals surface area contributed by atoms with Crippen LogP contribution in [0.3, 0.4) is 0 Å². The minimum atomic E-state index is 0.538. The van der Waals surface area contributed by atoms with Gasteiger partial charge in [-0.1, -0.05) is 127 Å². The van der Waals surface area contributed by atoms with Crippen LogP contribution in [-0.2, 0) is 0 Å². The van der Waals surface area contributed by atoms with Gasteiger partial charge in [0, 0.05) is 49.5 Å². The molecule has 5 nitrogen and oxygen atoms in total. The molecule has 3 aromatic heterocycles. The summed E-state index contributed by atoms with van der Waals surface area (Å²) < 4.78 is 6.99. The lowest BCUT2D eigenvalue weighted by molar-refractivity contribution is 1.16. The molecule has 0 saturated carbocycles. The molecule has 0 fully saturated rings. The quantitative estimate of drug-likeness (QED) is 0.154. The fraction of sp³-hybridized carbons (Fsp3) is 0. The van der Waals surface area contributed by atoms with Crippen molar-refractivity contribution in [2.45, 2.75) is 0 Å². The molecule has 0 atom stereocenters. The molecular formula is C60H35N5. The van der Waals surface area contributed by atoms with E-state index in [1.54, 1.807) is 0 Å². The second-order valence-electron chi connectivity index (χ2n) is 16.7. The summed E-state index contributed by atoms with van der Waals surface area (Å²) in [6, 6.07) is 75.1. The van der Waals surface area contributed by atoms with E-state index in [4.69, 9.17) is 13.1 Å². The summed E-state index contributed by atoms with van der Waals surface area (Å²) in [5, 5.41) is 9.09. The van der Waals surface area contributed by atoms with Gasteiger partial charge in [-0.05, 0) is 123 Å². The molecule has 0 aliphatic carbocycles. The van der Waals surface area contributed by atoms with E-state index in [0.29, 0.717) is 11.4 Å². The van der Waals surface area contributed by atoms with E-state index < -0.39 is 0 Å². The van der Waals surface area contributed by atoms with Crippen molar-refractivity contribution in [2.24, 2.45) is 0 Å². The van der Waals surface area contributed by atoms with Crippen LogP contribution in [-0.4, -0.2) is 13.7 Å². The molecule has 10 aromatic carbocycles. The summed E-state index contributed by atoms with van der Waals surface area (Å²) in [7, 11) is 0. The average Bonchev–Trinajstić information content (AvgIpc) is 4.01. The molecule has 0 aliphatic heterocycles. The van der Waals surface area contributed by atoms with E-state index in [2.05, 4.69) is 199 Å². The maximum absolute atomic E-state index is 8.35. The van der Waals surface area contributed by atoms with Crippen LogP contribution in [0.15, 0.2) is 212 Å². The van der Waals surface area contributed by atoms with Crippen molar-refractivity contribution < 1.29 is 0 Å². The third kappa shape index (κ3) is 5.50. The maximum Gasteiger partial charge on any atom is 0.197 e. The van der Waals surface area contributed by atoms with Gasteiger partial charge in [0.25, 0.3) is 0 Å². The van der Waals surface area contributed by atoms with Gasteiger partial charge in [-0.3, -0.25) is 0 Å². The summed E-state index contributed by atoms with van der Waals surface area (Å²) in [5.74, 6) is 0. The van der Waals surface area contributed by atoms with Gasteiger partial charge in [-0.15, -0.1) is 0 Å². The van der Waals surface area contributed by atoms with Gasteiger partial charge in [0.2, 0.25) is 0 Å². The number of fused-ring (bicyclic) bond motifs is 10. The van der Waals surface area contributed by atoms with Crippen molar-refractivity contribution in [3.8, 4) is 39.3 Å². The summed E-state index contributed by atoms with van der Waals surface area (Å²) in [6.45, 7) is 16.4. The Morgan fingerprint density at radius 2 is 0.800 bits per heavy atom. The van der Waals surface area contributed by atoms with Crippen molar-refractivity contribution in [3.63, 3.8) is 0 Å². The number of hydrogen-bond donors (Lipinski definition) is 0. The molecule has 13 rings (SSSR count). The highest BCUT2D eigenvalue weighted by Gasteiger charge is 2.20. The van der Waals surface area contributed by atoms with Crippen LogP contribution < -0.4 is 0 Å². The summed E-state index contributed by atoms with van der Waals surface area (Å²) >= 11 is 0. The first-order valence-corrected chi connectivity index (χ1v) is 21.7. The lowest BCUT2D eigenvalue weighted by atomic mass is 9.94. The molecule has 5 heteroatoms. The van der Waals surface area contributed by atoms with Gasteiger partial charge in [-0.2, -0.15) is 0 Å². The second kappa shape index (κ2) is 14.2. The summed E-state index contributed by atoms with van der Waals surface area (Å²) in [6.07, 6.45) is 0. The highest BCUT2D eigenvalue weighted by Crippen LogP contribution is 2.43. The highest BCUT2D eigenvalue weighted by molar-refractivity contribution is 6.16. The van der Waals surface area contributed by atoms with Crippen molar-refractivity contribution in [3.05, 3.63) is 235 Å². The Kier molecular flexibility index (Phi) is 7.97. The molecular weight excluding hydrogens is 791 g/mol. The van der Waals surface area contributed by atoms with Crippen molar-refractivity contribution in [1.29, 1.82) is 0 Å². The van der Waals surface area contributed by atoms with E-state index in [1.807, 2.05) is 36.4 Å². The van der Waals surface area contributed by atoms with E-state index in [1.165, 1.54) is 43.4 Å². The molecule has 0 unspecified atom stereocenters. The predicted octanol–water partition coefficient (Wildman–Crippen LogP) is 16.6. The van der Waals surface area contributed by atoms with Crippen LogP contribution in [0, 0.1) is 13.1 Å². The molecule has 13 aromatic rings. The van der Waals surface area contributed by atoms with Crippen LogP contribution in [0.4, 0.5) is 11.4 Å². The van der Waals surface area contributed by atoms with E-state index >= 15 is 0 Å². The average molecular weight is 826 g/mol. The number of rotatable bonds is 5. The molecule has 65 heavy (non-hydrogen) atoms. The summed E-state index contributed by atoms with van der Waals surface area (Å²) in [4.78, 5) is 7.96. The van der Waals surface area contributed by atoms with Crippen LogP contribution >= 0.6 is 0 Å². The molecule has 0 spiro atoms. The minimum Gasteiger partial charge on any atom is -0.312 e. The molecule has 0 N–H and O–H groups in total. The van der Waals surface area contributed by atoms with Crippen molar-refractivity contribution in [2.75, 3.05) is 0 Å². The number of nitrogens with zero attached hydrogens (tertiary/aromatic N) is 5. The van der Waals surface area contributed by atoms with Gasteiger partial charge in [-0.25, -0.2) is 9.69 Å². The Balaban J connectivity index is 1.08. The van der Waals surface area contributed by atoms with Crippen LogP contribution in [0.2, 0.25) is 0 Å². The topological polar surface area (TPSA) is 23.5 Å². The fourth-order valence-electron chi connectivity index (χ4n) is 10.4. The Morgan fingerprint density at radius 3 is 1.49 bits per heavy atom. The zero-order valence-electron chi connectivity index (χ0n) is 34.9. The maximum atomic E-state index is 8.35. The third-order valence-corrected chi connectivity index (χ3v) is 13.2. The van der Waals surface area contributed by atoms with Crippen LogP contribution in [0.1, 0.15) is 0 Å². The van der Waals surface area contributed by atoms with Gasteiger partial charge in [0.15, 0.2) is 11.4 Å². The molecule has 3 heterocycles. The second-order valence-corrected chi connectivity index (χ2v) is 16.7. The van der Waals surface area contributed by atoms with Gasteiger partial charge in [0.05, 0.1) is 40.7 Å². The normalized spacial score (nSPS) is 11.7. The van der Waals surface area contributed by atoms with Gasteiger partial charge in [0.1, 0.15) is 0 Å². The Morgan fingerprint density at radius 1 is 0.308 bits per heavy atom. The third-order valence-electron chi connectivity index (χ3n) is 13.2. The largest absolute Gasteiger partial charge is 0.312 e. The number of para-hydroxylation sites is 4. The van der Waals surface area contributed by atoms with E-state index in [0.717, 1.165) is 72.2 Å². The number of hydrogen-bond acceptors (Lipinski definition) is 0. The minimum absolute atomic E-state index is 0.538. The SMILES string of the molecule is [C-]#[N+]c1cc(-c2cc(-c3cccc4ccccc34)cc(-n3c4ccccc4c4cc(-n5c6ccccc6c6ccccc65)ccc43)c2)cc(-n2c3ccccc3c3c([N+]#[C-])cccc32)c1. The molecule has 0 aliphatic rings. The Bertz CT molecular complexity index is 4160. The molecule has 0 amide bonds. The zero-order chi connectivity index (χ0) is 43.2. The van der Waals surface area contributed by atoms with Crippen molar-refractivity contribution >= 4 is 87.6 Å². The first-order valence-electron chi connectivity index (χ1n) is 21.7. The molecule has 0 bridgehead atoms. The lowest BCUT2D eigenvalue weighted by Gasteiger charge is -2.17. The lowest BCUT2D eigenvalue weighted by Crippen LogP contribution is -1.98. The van der Waals surface area contributed by atoms with Crippen molar-refractivity contribution in [1.82, 2.24) is 13.7 Å². The first-order chi connectivity index (χ1) is 32.1. The smallest absolute Gasteiger partial charge is 0.197 e. The Labute approximate surface area is 374 Å². The number of benzene rings is 10. The fourth-order valence-corrected chi connectivity index (χ4v) is 10.4. The molecule has 0 saturated heterocycles. The molecule has 300 valence electrons.